The maximum Gasteiger partial charge on any atom is 0.133 e. The van der Waals surface area contributed by atoms with E-state index in [9.17, 15) is 0 Å². The number of hydrogen-bond acceptors (Lipinski definition) is 4. The van der Waals surface area contributed by atoms with Crippen molar-refractivity contribution in [3.63, 3.8) is 0 Å². The molecule has 4 heterocycles. The summed E-state index contributed by atoms with van der Waals surface area (Å²) in [7, 11) is 0. The molecule has 5 heteroatoms. The molecule has 3 saturated heterocycles. The van der Waals surface area contributed by atoms with Gasteiger partial charge in [-0.25, -0.2) is 4.98 Å². The van der Waals surface area contributed by atoms with Gasteiger partial charge in [-0.05, 0) is 19.3 Å². The van der Waals surface area contributed by atoms with Gasteiger partial charge in [-0.15, -0.1) is 0 Å². The van der Waals surface area contributed by atoms with Crippen LogP contribution in [-0.4, -0.2) is 52.5 Å². The van der Waals surface area contributed by atoms with Crippen LogP contribution >= 0.6 is 12.2 Å². The standard InChI is InChI=1S/C13H18N4S/c18-13-9-2-1-3-10(9)14-12(15-13)11-8-16-4-6-17(11)7-5-16/h11H,1-8H2,(H,14,15,18). The number of hydrogen-bond donors (Lipinski definition) is 1. The molecule has 1 N–H and O–H groups in total. The van der Waals surface area contributed by atoms with Gasteiger partial charge in [-0.2, -0.15) is 0 Å². The smallest absolute Gasteiger partial charge is 0.133 e. The topological polar surface area (TPSA) is 35.2 Å². The number of fused-ring (bicyclic) bond motifs is 4. The van der Waals surface area contributed by atoms with Crippen molar-refractivity contribution < 1.29 is 0 Å². The Morgan fingerprint density at radius 1 is 1.17 bits per heavy atom. The number of piperazine rings is 3. The summed E-state index contributed by atoms with van der Waals surface area (Å²) in [4.78, 5) is 13.3. The first-order chi connectivity index (χ1) is 8.81. The van der Waals surface area contributed by atoms with Crippen molar-refractivity contribution >= 4 is 12.2 Å². The highest BCUT2D eigenvalue weighted by molar-refractivity contribution is 7.71. The molecule has 0 amide bonds. The Morgan fingerprint density at radius 2 is 2.00 bits per heavy atom. The molecule has 1 unspecified atom stereocenters. The average molecular weight is 262 g/mol. The van der Waals surface area contributed by atoms with Crippen molar-refractivity contribution in [3.8, 4) is 0 Å². The van der Waals surface area contributed by atoms with E-state index in [4.69, 9.17) is 12.2 Å². The minimum absolute atomic E-state index is 0.431. The van der Waals surface area contributed by atoms with Gasteiger partial charge in [0.15, 0.2) is 0 Å². The maximum atomic E-state index is 5.46. The fraction of sp³-hybridized carbons (Fsp3) is 0.692. The van der Waals surface area contributed by atoms with Gasteiger partial charge in [0, 0.05) is 44.0 Å². The summed E-state index contributed by atoms with van der Waals surface area (Å²) in [6.07, 6.45) is 3.48. The zero-order valence-corrected chi connectivity index (χ0v) is 11.3. The molecule has 0 radical (unpaired) electrons. The predicted molar refractivity (Wildman–Crippen MR) is 72.2 cm³/mol. The monoisotopic (exact) mass is 262 g/mol. The zero-order valence-electron chi connectivity index (χ0n) is 10.5. The Morgan fingerprint density at radius 3 is 2.72 bits per heavy atom. The first kappa shape index (κ1) is 11.1. The first-order valence-corrected chi connectivity index (χ1v) is 7.30. The van der Waals surface area contributed by atoms with Gasteiger partial charge in [0.1, 0.15) is 10.5 Å². The summed E-state index contributed by atoms with van der Waals surface area (Å²) in [6.45, 7) is 5.87. The minimum Gasteiger partial charge on any atom is -0.345 e. The third-order valence-electron chi connectivity index (χ3n) is 4.57. The molecular weight excluding hydrogens is 244 g/mol. The first-order valence-electron chi connectivity index (χ1n) is 6.89. The van der Waals surface area contributed by atoms with Gasteiger partial charge < -0.3 is 4.98 Å². The minimum atomic E-state index is 0.431. The number of nitrogens with zero attached hydrogens (tertiary/aromatic N) is 3. The largest absolute Gasteiger partial charge is 0.345 e. The summed E-state index contributed by atoms with van der Waals surface area (Å²) in [6, 6.07) is 0.431. The van der Waals surface area contributed by atoms with Crippen LogP contribution < -0.4 is 0 Å². The second kappa shape index (κ2) is 4.11. The number of H-pyrrole nitrogens is 1. The lowest BCUT2D eigenvalue weighted by atomic mass is 10.1. The molecular formula is C13H18N4S. The van der Waals surface area contributed by atoms with Crippen molar-refractivity contribution in [2.75, 3.05) is 32.7 Å². The van der Waals surface area contributed by atoms with Gasteiger partial charge >= 0.3 is 0 Å². The molecule has 18 heavy (non-hydrogen) atoms. The van der Waals surface area contributed by atoms with Crippen LogP contribution in [0, 0.1) is 4.64 Å². The summed E-state index contributed by atoms with van der Waals surface area (Å²) in [5.74, 6) is 1.10. The molecule has 0 aromatic carbocycles. The summed E-state index contributed by atoms with van der Waals surface area (Å²) >= 11 is 5.46. The van der Waals surface area contributed by atoms with Crippen LogP contribution in [0.2, 0.25) is 0 Å². The Bertz CT molecular complexity index is 530. The highest BCUT2D eigenvalue weighted by Gasteiger charge is 2.34. The van der Waals surface area contributed by atoms with Crippen molar-refractivity contribution in [3.05, 3.63) is 21.7 Å². The van der Waals surface area contributed by atoms with Gasteiger partial charge in [-0.1, -0.05) is 12.2 Å². The lowest BCUT2D eigenvalue weighted by Crippen LogP contribution is -2.57. The quantitative estimate of drug-likeness (QED) is 0.774. The van der Waals surface area contributed by atoms with E-state index >= 15 is 0 Å². The molecule has 2 bridgehead atoms. The van der Waals surface area contributed by atoms with Crippen LogP contribution in [0.15, 0.2) is 0 Å². The molecule has 1 aromatic rings. The van der Waals surface area contributed by atoms with E-state index in [0.29, 0.717) is 6.04 Å². The number of aromatic nitrogens is 2. The number of nitrogens with one attached hydrogen (secondary N) is 1. The Kier molecular flexibility index (Phi) is 2.53. The molecule has 96 valence electrons. The van der Waals surface area contributed by atoms with Gasteiger partial charge in [0.05, 0.1) is 6.04 Å². The molecule has 4 aliphatic rings. The Balaban J connectivity index is 1.73. The molecule has 4 nitrogen and oxygen atoms in total. The molecule has 3 aliphatic heterocycles. The third-order valence-corrected chi connectivity index (χ3v) is 4.91. The Labute approximate surface area is 112 Å². The fourth-order valence-electron chi connectivity index (χ4n) is 3.51. The van der Waals surface area contributed by atoms with E-state index in [-0.39, 0.29) is 0 Å². The van der Waals surface area contributed by atoms with E-state index in [1.54, 1.807) is 0 Å². The van der Waals surface area contributed by atoms with Crippen LogP contribution in [0.5, 0.6) is 0 Å². The molecule has 5 rings (SSSR count). The summed E-state index contributed by atoms with van der Waals surface area (Å²) < 4.78 is 0.842. The molecule has 0 spiro atoms. The van der Waals surface area contributed by atoms with Crippen molar-refractivity contribution in [2.24, 2.45) is 0 Å². The van der Waals surface area contributed by atoms with Crippen molar-refractivity contribution in [1.29, 1.82) is 0 Å². The van der Waals surface area contributed by atoms with Gasteiger partial charge in [-0.3, -0.25) is 9.80 Å². The normalized spacial score (nSPS) is 33.7. The maximum absolute atomic E-state index is 5.46. The van der Waals surface area contributed by atoms with E-state index in [2.05, 4.69) is 19.8 Å². The van der Waals surface area contributed by atoms with Crippen LogP contribution in [0.1, 0.15) is 29.5 Å². The van der Waals surface area contributed by atoms with Crippen LogP contribution in [0.3, 0.4) is 0 Å². The van der Waals surface area contributed by atoms with Gasteiger partial charge in [0.2, 0.25) is 0 Å². The second-order valence-corrected chi connectivity index (χ2v) is 5.98. The lowest BCUT2D eigenvalue weighted by Gasteiger charge is -2.46. The second-order valence-electron chi connectivity index (χ2n) is 5.59. The van der Waals surface area contributed by atoms with Crippen LogP contribution in [-0.2, 0) is 12.8 Å². The van der Waals surface area contributed by atoms with E-state index < -0.39 is 0 Å². The SMILES string of the molecule is S=c1nc(C2CN3CCN2CC3)[nH]c2c1CCC2. The Hall–Kier alpha value is -0.780. The van der Waals surface area contributed by atoms with Gasteiger partial charge in [0.25, 0.3) is 0 Å². The average Bonchev–Trinajstić information content (AvgIpc) is 2.89. The van der Waals surface area contributed by atoms with Crippen molar-refractivity contribution in [1.82, 2.24) is 19.8 Å². The van der Waals surface area contributed by atoms with Crippen LogP contribution in [0.4, 0.5) is 0 Å². The van der Waals surface area contributed by atoms with Crippen LogP contribution in [0.25, 0.3) is 0 Å². The third kappa shape index (κ3) is 1.65. The molecule has 0 saturated carbocycles. The highest BCUT2D eigenvalue weighted by Crippen LogP contribution is 2.29. The lowest BCUT2D eigenvalue weighted by molar-refractivity contribution is 0.00852. The number of rotatable bonds is 1. The molecule has 1 atom stereocenters. The van der Waals surface area contributed by atoms with E-state index in [0.717, 1.165) is 29.9 Å². The van der Waals surface area contributed by atoms with E-state index in [1.165, 1.54) is 43.9 Å². The highest BCUT2D eigenvalue weighted by atomic mass is 32.1. The molecule has 1 aliphatic carbocycles. The number of aromatic amines is 1. The summed E-state index contributed by atoms with van der Waals surface area (Å²) in [5.41, 5.74) is 2.65. The predicted octanol–water partition coefficient (Wildman–Crippen LogP) is 1.30. The fourth-order valence-corrected chi connectivity index (χ4v) is 3.84. The molecule has 3 fully saturated rings. The summed E-state index contributed by atoms with van der Waals surface area (Å²) in [5, 5.41) is 0. The van der Waals surface area contributed by atoms with Crippen molar-refractivity contribution in [2.45, 2.75) is 25.3 Å². The molecule has 1 aromatic heterocycles. The zero-order chi connectivity index (χ0) is 12.1. The van der Waals surface area contributed by atoms with E-state index in [1.807, 2.05) is 0 Å². The number of aryl methyl sites for hydroxylation is 1.